The maximum absolute atomic E-state index is 6.09. The van der Waals surface area contributed by atoms with Gasteiger partial charge in [-0.05, 0) is 61.1 Å². The van der Waals surface area contributed by atoms with Crippen molar-refractivity contribution in [2.45, 2.75) is 31.0 Å². The average molecular weight is 396 g/mol. The lowest BCUT2D eigenvalue weighted by molar-refractivity contribution is 0.476. The number of rotatable bonds is 3. The lowest BCUT2D eigenvalue weighted by Gasteiger charge is -2.17. The molecule has 0 bridgehead atoms. The molecular formula is C17H16Br2O. The van der Waals surface area contributed by atoms with Crippen molar-refractivity contribution < 1.29 is 4.74 Å². The highest BCUT2D eigenvalue weighted by atomic mass is 79.9. The fourth-order valence-corrected chi connectivity index (χ4v) is 3.44. The third kappa shape index (κ3) is 3.09. The second-order valence-electron chi connectivity index (χ2n) is 5.13. The first-order valence-corrected chi connectivity index (χ1v) is 8.82. The van der Waals surface area contributed by atoms with Crippen molar-refractivity contribution >= 4 is 31.9 Å². The van der Waals surface area contributed by atoms with E-state index in [1.54, 1.807) is 0 Å². The zero-order valence-corrected chi connectivity index (χ0v) is 14.3. The maximum atomic E-state index is 6.09. The topological polar surface area (TPSA) is 9.23 Å². The first-order chi connectivity index (χ1) is 9.76. The highest BCUT2D eigenvalue weighted by Crippen LogP contribution is 2.32. The fraction of sp³-hybridized carbons (Fsp3) is 0.294. The van der Waals surface area contributed by atoms with E-state index in [0.717, 1.165) is 26.9 Å². The van der Waals surface area contributed by atoms with E-state index in [4.69, 9.17) is 4.74 Å². The summed E-state index contributed by atoms with van der Waals surface area (Å²) in [6.07, 6.45) is 4.99. The third-order valence-electron chi connectivity index (χ3n) is 3.72. The molecule has 0 fully saturated rings. The summed E-state index contributed by atoms with van der Waals surface area (Å²) in [5, 5.41) is 0.792. The zero-order chi connectivity index (χ0) is 13.9. The standard InChI is InChI=1S/C17H16Br2O/c18-11-14-5-7-15(19)10-17(14)20-16-8-6-12-3-1-2-4-13(12)9-16/h5-10H,1-4,11H2. The van der Waals surface area contributed by atoms with E-state index in [1.807, 2.05) is 12.1 Å². The van der Waals surface area contributed by atoms with Gasteiger partial charge in [0.25, 0.3) is 0 Å². The van der Waals surface area contributed by atoms with Gasteiger partial charge in [-0.25, -0.2) is 0 Å². The molecule has 0 atom stereocenters. The van der Waals surface area contributed by atoms with Gasteiger partial charge in [0.1, 0.15) is 11.5 Å². The lowest BCUT2D eigenvalue weighted by atomic mass is 9.92. The first kappa shape index (κ1) is 14.2. The molecule has 20 heavy (non-hydrogen) atoms. The summed E-state index contributed by atoms with van der Waals surface area (Å²) >= 11 is 7.01. The Morgan fingerprint density at radius 1 is 0.950 bits per heavy atom. The Bertz CT molecular complexity index is 622. The number of hydrogen-bond donors (Lipinski definition) is 0. The molecule has 0 saturated carbocycles. The molecule has 0 heterocycles. The van der Waals surface area contributed by atoms with Crippen molar-refractivity contribution in [3.8, 4) is 11.5 Å². The molecule has 0 aromatic heterocycles. The second-order valence-corrected chi connectivity index (χ2v) is 6.60. The van der Waals surface area contributed by atoms with Crippen LogP contribution in [0.25, 0.3) is 0 Å². The molecule has 104 valence electrons. The highest BCUT2D eigenvalue weighted by Gasteiger charge is 2.11. The molecule has 0 aliphatic heterocycles. The van der Waals surface area contributed by atoms with Gasteiger partial charge in [-0.1, -0.05) is 44.0 Å². The predicted octanol–water partition coefficient (Wildman–Crippen LogP) is 6.02. The third-order valence-corrected chi connectivity index (χ3v) is 4.82. The summed E-state index contributed by atoms with van der Waals surface area (Å²) in [7, 11) is 0. The van der Waals surface area contributed by atoms with E-state index >= 15 is 0 Å². The van der Waals surface area contributed by atoms with Gasteiger partial charge in [-0.15, -0.1) is 0 Å². The average Bonchev–Trinajstić information content (AvgIpc) is 2.47. The van der Waals surface area contributed by atoms with Gasteiger partial charge in [-0.2, -0.15) is 0 Å². The van der Waals surface area contributed by atoms with E-state index in [1.165, 1.54) is 36.8 Å². The van der Waals surface area contributed by atoms with Gasteiger partial charge in [0.05, 0.1) is 0 Å². The van der Waals surface area contributed by atoms with Gasteiger partial charge in [0.15, 0.2) is 0 Å². The normalized spacial score (nSPS) is 13.9. The van der Waals surface area contributed by atoms with Crippen LogP contribution in [0.15, 0.2) is 40.9 Å². The van der Waals surface area contributed by atoms with Crippen molar-refractivity contribution in [3.05, 3.63) is 57.6 Å². The minimum atomic E-state index is 0.792. The van der Waals surface area contributed by atoms with Crippen LogP contribution in [-0.4, -0.2) is 0 Å². The number of benzene rings is 2. The van der Waals surface area contributed by atoms with Crippen LogP contribution in [0.4, 0.5) is 0 Å². The van der Waals surface area contributed by atoms with E-state index in [-0.39, 0.29) is 0 Å². The van der Waals surface area contributed by atoms with Crippen molar-refractivity contribution in [2.75, 3.05) is 0 Å². The van der Waals surface area contributed by atoms with Crippen LogP contribution in [0, 0.1) is 0 Å². The molecular weight excluding hydrogens is 380 g/mol. The lowest BCUT2D eigenvalue weighted by Crippen LogP contribution is -2.02. The molecule has 1 aliphatic rings. The van der Waals surface area contributed by atoms with Gasteiger partial charge >= 0.3 is 0 Å². The van der Waals surface area contributed by atoms with Crippen LogP contribution in [-0.2, 0) is 18.2 Å². The highest BCUT2D eigenvalue weighted by molar-refractivity contribution is 9.10. The summed E-state index contributed by atoms with van der Waals surface area (Å²) in [6, 6.07) is 12.6. The molecule has 0 amide bonds. The number of halogens is 2. The van der Waals surface area contributed by atoms with Crippen molar-refractivity contribution in [2.24, 2.45) is 0 Å². The summed E-state index contributed by atoms with van der Waals surface area (Å²) in [4.78, 5) is 0. The van der Waals surface area contributed by atoms with E-state index < -0.39 is 0 Å². The summed E-state index contributed by atoms with van der Waals surface area (Å²) < 4.78 is 7.12. The minimum Gasteiger partial charge on any atom is -0.457 e. The number of fused-ring (bicyclic) bond motifs is 1. The van der Waals surface area contributed by atoms with Crippen molar-refractivity contribution in [1.29, 1.82) is 0 Å². The molecule has 0 unspecified atom stereocenters. The number of ether oxygens (including phenoxy) is 1. The Balaban J connectivity index is 1.89. The fourth-order valence-electron chi connectivity index (χ4n) is 2.63. The number of alkyl halides is 1. The maximum Gasteiger partial charge on any atom is 0.132 e. The zero-order valence-electron chi connectivity index (χ0n) is 11.2. The van der Waals surface area contributed by atoms with Crippen molar-refractivity contribution in [3.63, 3.8) is 0 Å². The van der Waals surface area contributed by atoms with Gasteiger partial charge in [0.2, 0.25) is 0 Å². The summed E-state index contributed by atoms with van der Waals surface area (Å²) in [5.74, 6) is 1.85. The van der Waals surface area contributed by atoms with Crippen LogP contribution in [0.3, 0.4) is 0 Å². The van der Waals surface area contributed by atoms with Crippen molar-refractivity contribution in [1.82, 2.24) is 0 Å². The first-order valence-electron chi connectivity index (χ1n) is 6.90. The monoisotopic (exact) mass is 394 g/mol. The second kappa shape index (κ2) is 6.31. The SMILES string of the molecule is BrCc1ccc(Br)cc1Oc1ccc2c(c1)CCCC2. The Kier molecular flexibility index (Phi) is 4.47. The van der Waals surface area contributed by atoms with Crippen LogP contribution in [0.1, 0.15) is 29.5 Å². The van der Waals surface area contributed by atoms with Gasteiger partial charge < -0.3 is 4.74 Å². The molecule has 1 nitrogen and oxygen atoms in total. The summed E-state index contributed by atoms with van der Waals surface area (Å²) in [6.45, 7) is 0. The van der Waals surface area contributed by atoms with Crippen LogP contribution >= 0.6 is 31.9 Å². The number of hydrogen-bond acceptors (Lipinski definition) is 1. The predicted molar refractivity (Wildman–Crippen MR) is 89.9 cm³/mol. The molecule has 0 radical (unpaired) electrons. The van der Waals surface area contributed by atoms with E-state index in [9.17, 15) is 0 Å². The Labute approximate surface area is 136 Å². The molecule has 2 aromatic carbocycles. The Morgan fingerprint density at radius 3 is 2.55 bits per heavy atom. The molecule has 0 saturated heterocycles. The van der Waals surface area contributed by atoms with Gasteiger partial charge in [0, 0.05) is 15.4 Å². The van der Waals surface area contributed by atoms with Crippen LogP contribution < -0.4 is 4.74 Å². The molecule has 3 heteroatoms. The molecule has 0 N–H and O–H groups in total. The largest absolute Gasteiger partial charge is 0.457 e. The van der Waals surface area contributed by atoms with E-state index in [0.29, 0.717) is 0 Å². The Morgan fingerprint density at radius 2 is 1.75 bits per heavy atom. The molecule has 0 spiro atoms. The minimum absolute atomic E-state index is 0.792. The van der Waals surface area contributed by atoms with E-state index in [2.05, 4.69) is 56.1 Å². The Hall–Kier alpha value is -0.800. The number of aryl methyl sites for hydroxylation is 2. The quantitative estimate of drug-likeness (QED) is 0.577. The van der Waals surface area contributed by atoms with Crippen LogP contribution in [0.2, 0.25) is 0 Å². The van der Waals surface area contributed by atoms with Gasteiger partial charge in [-0.3, -0.25) is 0 Å². The smallest absolute Gasteiger partial charge is 0.132 e. The molecule has 2 aromatic rings. The molecule has 3 rings (SSSR count). The molecule has 1 aliphatic carbocycles. The van der Waals surface area contributed by atoms with Crippen LogP contribution in [0.5, 0.6) is 11.5 Å². The summed E-state index contributed by atoms with van der Waals surface area (Å²) in [5.41, 5.74) is 4.09.